The molecule has 25 heavy (non-hydrogen) atoms. The minimum absolute atomic E-state index is 0.299. The highest BCUT2D eigenvalue weighted by molar-refractivity contribution is 7.79. The number of allylic oxidation sites excluding steroid dienone is 2. The molecule has 138 valence electrons. The van der Waals surface area contributed by atoms with E-state index < -0.39 is 16.6 Å². The molecule has 6 heteroatoms. The highest BCUT2D eigenvalue weighted by Crippen LogP contribution is 2.31. The Morgan fingerprint density at radius 2 is 1.88 bits per heavy atom. The highest BCUT2D eigenvalue weighted by atomic mass is 32.2. The molecule has 1 aromatic rings. The lowest BCUT2D eigenvalue weighted by Crippen LogP contribution is -2.61. The molecule has 2 N–H and O–H groups in total. The second-order valence-corrected chi connectivity index (χ2v) is 8.15. The van der Waals surface area contributed by atoms with Crippen molar-refractivity contribution in [1.82, 2.24) is 10.2 Å². The van der Waals surface area contributed by atoms with Gasteiger partial charge in [-0.2, -0.15) is 0 Å². The van der Waals surface area contributed by atoms with Gasteiger partial charge in [-0.3, -0.25) is 4.90 Å². The largest absolute Gasteiger partial charge is 0.316 e. The molecule has 5 nitrogen and oxygen atoms in total. The van der Waals surface area contributed by atoms with Crippen molar-refractivity contribution in [2.75, 3.05) is 18.0 Å². The molecule has 1 aromatic carbocycles. The van der Waals surface area contributed by atoms with Crippen molar-refractivity contribution in [3.05, 3.63) is 42.1 Å². The minimum atomic E-state index is -1.98. The molecule has 1 aliphatic carbocycles. The lowest BCUT2D eigenvalue weighted by molar-refractivity contribution is 0.155. The van der Waals surface area contributed by atoms with Gasteiger partial charge in [0.2, 0.25) is 0 Å². The number of para-hydroxylation sites is 1. The van der Waals surface area contributed by atoms with Gasteiger partial charge < -0.3 is 14.8 Å². The average molecular weight is 364 g/mol. The topological polar surface area (TPSA) is 55.8 Å². The monoisotopic (exact) mass is 363 g/mol. The molecular formula is C19H29N3O2S. The molecule has 0 amide bonds. The molecule has 0 saturated carbocycles. The summed E-state index contributed by atoms with van der Waals surface area (Å²) in [7, 11) is 0. The normalized spacial score (nSPS) is 27.4. The van der Waals surface area contributed by atoms with E-state index in [0.29, 0.717) is 12.1 Å². The Bertz CT molecular complexity index is 612. The van der Waals surface area contributed by atoms with Crippen LogP contribution in [-0.2, 0) is 11.1 Å². The molecule has 4 atom stereocenters. The van der Waals surface area contributed by atoms with Gasteiger partial charge in [0, 0.05) is 36.6 Å². The number of benzene rings is 1. The summed E-state index contributed by atoms with van der Waals surface area (Å²) < 4.78 is 22.7. The summed E-state index contributed by atoms with van der Waals surface area (Å²) in [6, 6.07) is 10.6. The summed E-state index contributed by atoms with van der Waals surface area (Å²) in [6.45, 7) is 5.79. The van der Waals surface area contributed by atoms with Crippen molar-refractivity contribution in [3.63, 3.8) is 0 Å². The maximum atomic E-state index is 12.4. The molecule has 1 heterocycles. The fraction of sp³-hybridized carbons (Fsp3) is 0.579. The van der Waals surface area contributed by atoms with Crippen LogP contribution in [0.5, 0.6) is 0 Å². The molecule has 0 aromatic heterocycles. The third-order valence-corrected chi connectivity index (χ3v) is 5.78. The van der Waals surface area contributed by atoms with Gasteiger partial charge in [0.15, 0.2) is 16.6 Å². The minimum Gasteiger partial charge on any atom is -0.316 e. The number of hydrogen-bond acceptors (Lipinski definition) is 4. The first-order valence-electron chi connectivity index (χ1n) is 9.19. The Hall–Kier alpha value is -1.21. The molecule has 1 saturated heterocycles. The predicted octanol–water partition coefficient (Wildman–Crippen LogP) is 3.14. The Morgan fingerprint density at radius 3 is 2.44 bits per heavy atom. The van der Waals surface area contributed by atoms with Crippen molar-refractivity contribution in [1.29, 1.82) is 0 Å². The fourth-order valence-electron chi connectivity index (χ4n) is 3.99. The summed E-state index contributed by atoms with van der Waals surface area (Å²) in [6.07, 6.45) is 6.57. The van der Waals surface area contributed by atoms with Gasteiger partial charge in [0.25, 0.3) is 0 Å². The first-order chi connectivity index (χ1) is 12.1. The average Bonchev–Trinajstić information content (AvgIpc) is 2.59. The van der Waals surface area contributed by atoms with Gasteiger partial charge in [-0.05, 0) is 51.7 Å². The summed E-state index contributed by atoms with van der Waals surface area (Å²) in [5.41, 5.74) is 1.60. The van der Waals surface area contributed by atoms with Crippen molar-refractivity contribution < 1.29 is 8.76 Å². The molecule has 3 rings (SSSR count). The maximum absolute atomic E-state index is 12.4. The van der Waals surface area contributed by atoms with Gasteiger partial charge in [-0.25, -0.2) is 4.21 Å². The highest BCUT2D eigenvalue weighted by Gasteiger charge is 2.36. The van der Waals surface area contributed by atoms with Crippen LogP contribution in [0, 0.1) is 0 Å². The quantitative estimate of drug-likeness (QED) is 0.787. The molecule has 1 aliphatic heterocycles. The maximum Gasteiger partial charge on any atom is 0.192 e. The van der Waals surface area contributed by atoms with Gasteiger partial charge in [0.1, 0.15) is 0 Å². The zero-order chi connectivity index (χ0) is 17.8. The third kappa shape index (κ3) is 4.50. The van der Waals surface area contributed by atoms with Crippen LogP contribution in [0.1, 0.15) is 39.5 Å². The molecule has 4 unspecified atom stereocenters. The van der Waals surface area contributed by atoms with Gasteiger partial charge in [-0.1, -0.05) is 24.3 Å². The van der Waals surface area contributed by atoms with Gasteiger partial charge >= 0.3 is 0 Å². The van der Waals surface area contributed by atoms with Crippen LogP contribution < -0.4 is 10.2 Å². The van der Waals surface area contributed by atoms with Crippen LogP contribution in [0.3, 0.4) is 0 Å². The van der Waals surface area contributed by atoms with E-state index in [4.69, 9.17) is 0 Å². The van der Waals surface area contributed by atoms with E-state index in [1.165, 1.54) is 12.1 Å². The zero-order valence-corrected chi connectivity index (χ0v) is 15.9. The smallest absolute Gasteiger partial charge is 0.192 e. The van der Waals surface area contributed by atoms with E-state index in [1.807, 2.05) is 30.3 Å². The van der Waals surface area contributed by atoms with Crippen molar-refractivity contribution >= 4 is 16.8 Å². The van der Waals surface area contributed by atoms with Crippen molar-refractivity contribution in [2.45, 2.75) is 57.1 Å². The molecular weight excluding hydrogens is 334 g/mol. The summed E-state index contributed by atoms with van der Waals surface area (Å²) in [5, 5.41) is 3.51. The van der Waals surface area contributed by atoms with Crippen LogP contribution in [0.25, 0.3) is 0 Å². The SMILES string of the molecule is CC1CN(C(N(C2=CCCCC2)c2ccccc2)S(=O)O)CC(C)N1. The van der Waals surface area contributed by atoms with Crippen LogP contribution in [-0.4, -0.2) is 44.3 Å². The molecule has 0 radical (unpaired) electrons. The van der Waals surface area contributed by atoms with Gasteiger partial charge in [0.05, 0.1) is 0 Å². The van der Waals surface area contributed by atoms with E-state index in [1.54, 1.807) is 0 Å². The van der Waals surface area contributed by atoms with Crippen LogP contribution >= 0.6 is 0 Å². The van der Waals surface area contributed by atoms with Crippen molar-refractivity contribution in [3.8, 4) is 0 Å². The number of nitrogens with one attached hydrogen (secondary N) is 1. The molecule has 0 spiro atoms. The standard InChI is InChI=1S/C19H29N3O2S/c1-15-13-21(14-16(2)20-15)19(25(23)24)22(17-9-5-3-6-10-17)18-11-7-4-8-12-18/h3,5-6,9-11,15-16,19-20H,4,7-8,12-14H2,1-2H3,(H,23,24). The zero-order valence-electron chi connectivity index (χ0n) is 15.1. The van der Waals surface area contributed by atoms with E-state index in [-0.39, 0.29) is 0 Å². The van der Waals surface area contributed by atoms with Crippen molar-refractivity contribution in [2.24, 2.45) is 0 Å². The number of anilines is 1. The third-order valence-electron chi connectivity index (χ3n) is 4.91. The first kappa shape index (κ1) is 18.6. The summed E-state index contributed by atoms with van der Waals surface area (Å²) >= 11 is -1.98. The number of rotatable bonds is 5. The molecule has 2 aliphatic rings. The van der Waals surface area contributed by atoms with Crippen LogP contribution in [0.2, 0.25) is 0 Å². The Kier molecular flexibility index (Phi) is 6.28. The van der Waals surface area contributed by atoms with E-state index in [9.17, 15) is 8.76 Å². The Labute approximate surface area is 153 Å². The Morgan fingerprint density at radius 1 is 1.20 bits per heavy atom. The van der Waals surface area contributed by atoms with Crippen LogP contribution in [0.15, 0.2) is 42.1 Å². The second-order valence-electron chi connectivity index (χ2n) is 7.17. The van der Waals surface area contributed by atoms with Crippen LogP contribution in [0.4, 0.5) is 5.69 Å². The lowest BCUT2D eigenvalue weighted by Gasteiger charge is -2.45. The molecule has 0 bridgehead atoms. The molecule has 1 fully saturated rings. The Balaban J connectivity index is 1.98. The predicted molar refractivity (Wildman–Crippen MR) is 104 cm³/mol. The fourth-order valence-corrected chi connectivity index (χ4v) is 4.86. The summed E-state index contributed by atoms with van der Waals surface area (Å²) in [5.74, 6) is 0. The van der Waals surface area contributed by atoms with E-state index >= 15 is 0 Å². The van der Waals surface area contributed by atoms with E-state index in [0.717, 1.165) is 38.0 Å². The number of piperazine rings is 1. The second kappa shape index (κ2) is 8.45. The number of nitrogens with zero attached hydrogens (tertiary/aromatic N) is 2. The lowest BCUT2D eigenvalue weighted by atomic mass is 10.0. The van der Waals surface area contributed by atoms with E-state index in [2.05, 4.69) is 35.0 Å². The number of hydrogen-bond donors (Lipinski definition) is 2. The summed E-state index contributed by atoms with van der Waals surface area (Å²) in [4.78, 5) is 4.25. The first-order valence-corrected chi connectivity index (χ1v) is 10.4. The van der Waals surface area contributed by atoms with Gasteiger partial charge in [-0.15, -0.1) is 0 Å².